The minimum Gasteiger partial charge on any atom is -0.387 e. The molecule has 1 aliphatic rings. The van der Waals surface area contributed by atoms with Crippen molar-refractivity contribution >= 4 is 11.8 Å². The predicted molar refractivity (Wildman–Crippen MR) is 85.3 cm³/mol. The van der Waals surface area contributed by atoms with E-state index < -0.39 is 6.10 Å². The number of aliphatic hydroxyl groups excluding tert-OH is 1. The third kappa shape index (κ3) is 2.63. The molecule has 20 heavy (non-hydrogen) atoms. The molecule has 0 amide bonds. The SMILES string of the molecule is CC(C)c1ccc(C(O)C2Cc3ccccc3S2)cc1. The molecule has 3 rings (SSSR count). The third-order valence-electron chi connectivity index (χ3n) is 3.97. The summed E-state index contributed by atoms with van der Waals surface area (Å²) in [5, 5.41) is 10.8. The van der Waals surface area contributed by atoms with Gasteiger partial charge in [-0.05, 0) is 35.1 Å². The summed E-state index contributed by atoms with van der Waals surface area (Å²) in [5.41, 5.74) is 3.71. The van der Waals surface area contributed by atoms with E-state index in [-0.39, 0.29) is 5.25 Å². The molecule has 0 bridgehead atoms. The maximum absolute atomic E-state index is 10.6. The van der Waals surface area contributed by atoms with E-state index in [9.17, 15) is 5.11 Å². The lowest BCUT2D eigenvalue weighted by Crippen LogP contribution is -2.14. The van der Waals surface area contributed by atoms with Crippen LogP contribution in [0.2, 0.25) is 0 Å². The van der Waals surface area contributed by atoms with Gasteiger partial charge in [0.15, 0.2) is 0 Å². The molecule has 2 unspecified atom stereocenters. The van der Waals surface area contributed by atoms with Crippen molar-refractivity contribution in [1.82, 2.24) is 0 Å². The zero-order valence-corrected chi connectivity index (χ0v) is 12.7. The summed E-state index contributed by atoms with van der Waals surface area (Å²) in [6.07, 6.45) is 0.558. The lowest BCUT2D eigenvalue weighted by atomic mass is 9.97. The van der Waals surface area contributed by atoms with Crippen LogP contribution in [-0.4, -0.2) is 10.4 Å². The Morgan fingerprint density at radius 1 is 1.00 bits per heavy atom. The van der Waals surface area contributed by atoms with Crippen LogP contribution in [0.25, 0.3) is 0 Å². The number of rotatable bonds is 3. The van der Waals surface area contributed by atoms with Crippen LogP contribution in [0.4, 0.5) is 0 Å². The van der Waals surface area contributed by atoms with E-state index in [1.807, 2.05) is 0 Å². The highest BCUT2D eigenvalue weighted by Crippen LogP contribution is 2.42. The van der Waals surface area contributed by atoms with Gasteiger partial charge in [0.1, 0.15) is 0 Å². The molecule has 2 aromatic rings. The van der Waals surface area contributed by atoms with E-state index in [1.54, 1.807) is 11.8 Å². The van der Waals surface area contributed by atoms with Crippen molar-refractivity contribution in [3.63, 3.8) is 0 Å². The average Bonchev–Trinajstić information content (AvgIpc) is 2.90. The first-order valence-electron chi connectivity index (χ1n) is 7.17. The molecular formula is C18H20OS. The molecule has 0 spiro atoms. The van der Waals surface area contributed by atoms with E-state index in [1.165, 1.54) is 16.0 Å². The fourth-order valence-electron chi connectivity index (χ4n) is 2.68. The number of benzene rings is 2. The van der Waals surface area contributed by atoms with Crippen LogP contribution in [0, 0.1) is 0 Å². The van der Waals surface area contributed by atoms with Gasteiger partial charge >= 0.3 is 0 Å². The minimum absolute atomic E-state index is 0.234. The van der Waals surface area contributed by atoms with Crippen LogP contribution in [0.15, 0.2) is 53.4 Å². The van der Waals surface area contributed by atoms with Crippen LogP contribution in [0.5, 0.6) is 0 Å². The first kappa shape index (κ1) is 13.7. The topological polar surface area (TPSA) is 20.2 Å². The van der Waals surface area contributed by atoms with Gasteiger partial charge in [-0.1, -0.05) is 56.3 Å². The maximum Gasteiger partial charge on any atom is 0.0915 e. The van der Waals surface area contributed by atoms with E-state index >= 15 is 0 Å². The Hall–Kier alpha value is -1.25. The molecule has 0 aliphatic carbocycles. The molecule has 104 valence electrons. The monoisotopic (exact) mass is 284 g/mol. The summed E-state index contributed by atoms with van der Waals surface area (Å²) >= 11 is 1.80. The van der Waals surface area contributed by atoms with Crippen LogP contribution in [0.1, 0.15) is 42.6 Å². The van der Waals surface area contributed by atoms with Crippen molar-refractivity contribution in [2.75, 3.05) is 0 Å². The predicted octanol–water partition coefficient (Wildman–Crippen LogP) is 4.56. The molecule has 0 radical (unpaired) electrons. The van der Waals surface area contributed by atoms with Crippen LogP contribution in [0.3, 0.4) is 0 Å². The Morgan fingerprint density at radius 3 is 2.30 bits per heavy atom. The second-order valence-electron chi connectivity index (χ2n) is 5.73. The standard InChI is InChI=1S/C18H20OS/c1-12(2)13-7-9-14(10-8-13)18(19)17-11-15-5-3-4-6-16(15)20-17/h3-10,12,17-19H,11H2,1-2H3. The molecule has 2 atom stereocenters. The molecule has 1 nitrogen and oxygen atoms in total. The van der Waals surface area contributed by atoms with Gasteiger partial charge in [-0.2, -0.15) is 0 Å². The number of aliphatic hydroxyl groups is 1. The Balaban J connectivity index is 1.76. The summed E-state index contributed by atoms with van der Waals surface area (Å²) in [4.78, 5) is 1.32. The minimum atomic E-state index is -0.395. The summed E-state index contributed by atoms with van der Waals surface area (Å²) in [7, 11) is 0. The van der Waals surface area contributed by atoms with Crippen molar-refractivity contribution in [2.24, 2.45) is 0 Å². The molecule has 2 heteroatoms. The van der Waals surface area contributed by atoms with Gasteiger partial charge in [0.25, 0.3) is 0 Å². The number of hydrogen-bond acceptors (Lipinski definition) is 2. The summed E-state index contributed by atoms with van der Waals surface area (Å²) < 4.78 is 0. The molecule has 0 aromatic heterocycles. The highest BCUT2D eigenvalue weighted by Gasteiger charge is 2.28. The summed E-state index contributed by atoms with van der Waals surface area (Å²) in [5.74, 6) is 0.534. The van der Waals surface area contributed by atoms with Gasteiger partial charge in [-0.25, -0.2) is 0 Å². The molecule has 0 saturated carbocycles. The highest BCUT2D eigenvalue weighted by atomic mass is 32.2. The second-order valence-corrected chi connectivity index (χ2v) is 7.02. The zero-order chi connectivity index (χ0) is 14.1. The fourth-order valence-corrected chi connectivity index (χ4v) is 4.01. The Kier molecular flexibility index (Phi) is 3.86. The van der Waals surface area contributed by atoms with Crippen molar-refractivity contribution < 1.29 is 5.11 Å². The van der Waals surface area contributed by atoms with Crippen molar-refractivity contribution in [2.45, 2.75) is 42.4 Å². The van der Waals surface area contributed by atoms with Crippen molar-refractivity contribution in [1.29, 1.82) is 0 Å². The first-order chi connectivity index (χ1) is 9.65. The number of hydrogen-bond donors (Lipinski definition) is 1. The smallest absolute Gasteiger partial charge is 0.0915 e. The van der Waals surface area contributed by atoms with E-state index in [0.717, 1.165) is 12.0 Å². The van der Waals surface area contributed by atoms with Gasteiger partial charge in [-0.3, -0.25) is 0 Å². The number of fused-ring (bicyclic) bond motifs is 1. The summed E-state index contributed by atoms with van der Waals surface area (Å²) in [6.45, 7) is 4.38. The van der Waals surface area contributed by atoms with Gasteiger partial charge in [0.2, 0.25) is 0 Å². The molecule has 1 aliphatic heterocycles. The lowest BCUT2D eigenvalue weighted by Gasteiger charge is -2.18. The molecule has 2 aromatic carbocycles. The molecule has 0 saturated heterocycles. The van der Waals surface area contributed by atoms with Crippen LogP contribution >= 0.6 is 11.8 Å². The van der Waals surface area contributed by atoms with E-state index in [2.05, 4.69) is 62.4 Å². The second kappa shape index (κ2) is 5.63. The van der Waals surface area contributed by atoms with E-state index in [0.29, 0.717) is 5.92 Å². The molecule has 1 heterocycles. The fraction of sp³-hybridized carbons (Fsp3) is 0.333. The summed E-state index contributed by atoms with van der Waals surface area (Å²) in [6, 6.07) is 16.9. The first-order valence-corrected chi connectivity index (χ1v) is 8.05. The Morgan fingerprint density at radius 2 is 1.65 bits per heavy atom. The average molecular weight is 284 g/mol. The van der Waals surface area contributed by atoms with Crippen LogP contribution in [-0.2, 0) is 6.42 Å². The van der Waals surface area contributed by atoms with E-state index in [4.69, 9.17) is 0 Å². The van der Waals surface area contributed by atoms with Gasteiger partial charge in [0.05, 0.1) is 6.10 Å². The largest absolute Gasteiger partial charge is 0.387 e. The quantitative estimate of drug-likeness (QED) is 0.891. The zero-order valence-electron chi connectivity index (χ0n) is 11.9. The lowest BCUT2D eigenvalue weighted by molar-refractivity contribution is 0.175. The normalized spacial score (nSPS) is 19.1. The maximum atomic E-state index is 10.6. The van der Waals surface area contributed by atoms with Crippen molar-refractivity contribution in [3.05, 3.63) is 65.2 Å². The molecule has 1 N–H and O–H groups in total. The van der Waals surface area contributed by atoms with Crippen molar-refractivity contribution in [3.8, 4) is 0 Å². The molecular weight excluding hydrogens is 264 g/mol. The Labute approximate surface area is 125 Å². The number of thioether (sulfide) groups is 1. The molecule has 0 fully saturated rings. The highest BCUT2D eigenvalue weighted by molar-refractivity contribution is 8.00. The van der Waals surface area contributed by atoms with Gasteiger partial charge in [0, 0.05) is 10.1 Å². The van der Waals surface area contributed by atoms with Gasteiger partial charge in [-0.15, -0.1) is 11.8 Å². The van der Waals surface area contributed by atoms with Crippen LogP contribution < -0.4 is 0 Å². The van der Waals surface area contributed by atoms with Gasteiger partial charge < -0.3 is 5.11 Å². The Bertz CT molecular complexity index is 564. The third-order valence-corrected chi connectivity index (χ3v) is 5.35.